The van der Waals surface area contributed by atoms with Crippen LogP contribution in [0.4, 0.5) is 11.8 Å². The van der Waals surface area contributed by atoms with Gasteiger partial charge in [0.25, 0.3) is 0 Å². The molecule has 3 aromatic rings. The molecule has 0 spiro atoms. The summed E-state index contributed by atoms with van der Waals surface area (Å²) in [6.45, 7) is 4.64. The quantitative estimate of drug-likeness (QED) is 0.575. The van der Waals surface area contributed by atoms with Gasteiger partial charge in [-0.3, -0.25) is 4.68 Å². The molecule has 1 aliphatic carbocycles. The molecule has 4 heterocycles. The summed E-state index contributed by atoms with van der Waals surface area (Å²) in [6.07, 6.45) is 10.4. The highest BCUT2D eigenvalue weighted by Crippen LogP contribution is 2.39. The van der Waals surface area contributed by atoms with Crippen molar-refractivity contribution in [3.63, 3.8) is 0 Å². The molecule has 2 N–H and O–H groups in total. The van der Waals surface area contributed by atoms with Crippen LogP contribution in [0, 0.1) is 0 Å². The number of aromatic nitrogens is 5. The van der Waals surface area contributed by atoms with E-state index >= 15 is 0 Å². The molecule has 1 aliphatic heterocycles. The molecule has 0 radical (unpaired) electrons. The van der Waals surface area contributed by atoms with Gasteiger partial charge in [0.15, 0.2) is 5.75 Å². The third-order valence-electron chi connectivity index (χ3n) is 5.37. The fourth-order valence-corrected chi connectivity index (χ4v) is 3.48. The Hall–Kier alpha value is -3.30. The van der Waals surface area contributed by atoms with Crippen molar-refractivity contribution in [2.24, 2.45) is 0 Å². The highest BCUT2D eigenvalue weighted by Gasteiger charge is 2.27. The first-order valence-corrected chi connectivity index (χ1v) is 10.8. The topological polar surface area (TPSA) is 107 Å². The Bertz CT molecular complexity index is 1150. The second-order valence-electron chi connectivity index (χ2n) is 8.54. The van der Waals surface area contributed by atoms with E-state index in [0.29, 0.717) is 42.5 Å². The number of hydrogen-bond donors (Lipinski definition) is 2. The summed E-state index contributed by atoms with van der Waals surface area (Å²) < 4.78 is 13.7. The van der Waals surface area contributed by atoms with Crippen LogP contribution in [0.15, 0.2) is 42.9 Å². The molecule has 0 unspecified atom stereocenters. The van der Waals surface area contributed by atoms with Gasteiger partial charge in [0.05, 0.1) is 31.1 Å². The van der Waals surface area contributed by atoms with Crippen molar-refractivity contribution in [1.82, 2.24) is 24.7 Å². The van der Waals surface area contributed by atoms with Crippen LogP contribution in [0.1, 0.15) is 50.5 Å². The van der Waals surface area contributed by atoms with E-state index in [1.54, 1.807) is 44.4 Å². The van der Waals surface area contributed by atoms with Gasteiger partial charge in [-0.2, -0.15) is 5.10 Å². The Balaban J connectivity index is 1.38. The first kappa shape index (κ1) is 20.6. The normalized spacial score (nSPS) is 16.5. The third-order valence-corrected chi connectivity index (χ3v) is 5.37. The molecule has 1 saturated carbocycles. The first-order valence-electron chi connectivity index (χ1n) is 10.8. The summed E-state index contributed by atoms with van der Waals surface area (Å²) in [5, 5.41) is 18.1. The van der Waals surface area contributed by atoms with Crippen LogP contribution in [0.3, 0.4) is 0 Å². The molecule has 5 rings (SSSR count). The molecule has 9 nitrogen and oxygen atoms in total. The van der Waals surface area contributed by atoms with Crippen LogP contribution >= 0.6 is 0 Å². The first-order chi connectivity index (χ1) is 15.5. The Morgan fingerprint density at radius 2 is 2.06 bits per heavy atom. The molecule has 32 heavy (non-hydrogen) atoms. The van der Waals surface area contributed by atoms with Crippen molar-refractivity contribution in [3.8, 4) is 11.5 Å². The molecule has 9 heteroatoms. The molecule has 3 aromatic heterocycles. The number of pyridine rings is 1. The van der Waals surface area contributed by atoms with Crippen molar-refractivity contribution in [1.29, 1.82) is 0 Å². The van der Waals surface area contributed by atoms with E-state index in [2.05, 4.69) is 26.3 Å². The molecule has 0 amide bonds. The average Bonchev–Trinajstić information content (AvgIpc) is 3.55. The predicted molar refractivity (Wildman–Crippen MR) is 119 cm³/mol. The maximum Gasteiger partial charge on any atom is 0.228 e. The van der Waals surface area contributed by atoms with Crippen molar-refractivity contribution < 1.29 is 14.6 Å². The van der Waals surface area contributed by atoms with Crippen molar-refractivity contribution >= 4 is 17.3 Å². The summed E-state index contributed by atoms with van der Waals surface area (Å²) >= 11 is 0. The van der Waals surface area contributed by atoms with Gasteiger partial charge in [-0.25, -0.2) is 15.0 Å². The fourth-order valence-electron chi connectivity index (χ4n) is 3.48. The van der Waals surface area contributed by atoms with Gasteiger partial charge in [0.1, 0.15) is 22.9 Å². The fraction of sp³-hybridized carbons (Fsp3) is 0.391. The van der Waals surface area contributed by atoms with E-state index in [0.717, 1.165) is 36.3 Å². The van der Waals surface area contributed by atoms with Gasteiger partial charge >= 0.3 is 0 Å². The summed E-state index contributed by atoms with van der Waals surface area (Å²) in [6, 6.07) is 5.73. The number of aliphatic hydroxyl groups is 1. The lowest BCUT2D eigenvalue weighted by Crippen LogP contribution is -2.18. The average molecular weight is 435 g/mol. The Morgan fingerprint density at radius 3 is 2.81 bits per heavy atom. The van der Waals surface area contributed by atoms with Crippen LogP contribution < -0.4 is 10.1 Å². The zero-order valence-electron chi connectivity index (χ0n) is 18.2. The zero-order chi connectivity index (χ0) is 22.1. The smallest absolute Gasteiger partial charge is 0.228 e. The van der Waals surface area contributed by atoms with Gasteiger partial charge in [0, 0.05) is 18.5 Å². The molecule has 0 atom stereocenters. The number of hydrogen-bond acceptors (Lipinski definition) is 8. The van der Waals surface area contributed by atoms with E-state index in [-0.39, 0.29) is 0 Å². The van der Waals surface area contributed by atoms with Gasteiger partial charge in [-0.1, -0.05) is 6.08 Å². The lowest BCUT2D eigenvalue weighted by molar-refractivity contribution is 0.0738. The standard InChI is InChI=1S/C23H26N6O3/c1-23(2,30)19-6-10-25-22(26-19)27-20-13-17(5-9-24-20)32-18-14-29(16-3-4-16)28-21(18)15-7-11-31-12-8-15/h5-7,9-10,13-14,16,30H,3-4,8,11-12H2,1-2H3,(H,24,25,26,27). The maximum atomic E-state index is 10.2. The third kappa shape index (κ3) is 4.63. The van der Waals surface area contributed by atoms with Gasteiger partial charge in [0.2, 0.25) is 5.95 Å². The van der Waals surface area contributed by atoms with Gasteiger partial charge in [-0.15, -0.1) is 0 Å². The second kappa shape index (κ2) is 8.33. The van der Waals surface area contributed by atoms with E-state index < -0.39 is 5.60 Å². The number of rotatable bonds is 7. The lowest BCUT2D eigenvalue weighted by Gasteiger charge is -2.17. The molecule has 0 aromatic carbocycles. The monoisotopic (exact) mass is 434 g/mol. The minimum atomic E-state index is -1.06. The number of ether oxygens (including phenoxy) is 2. The number of nitrogens with zero attached hydrogens (tertiary/aromatic N) is 5. The van der Waals surface area contributed by atoms with Gasteiger partial charge in [-0.05, 0) is 50.8 Å². The number of anilines is 2. The zero-order valence-corrected chi connectivity index (χ0v) is 18.2. The highest BCUT2D eigenvalue weighted by molar-refractivity contribution is 5.68. The summed E-state index contributed by atoms with van der Waals surface area (Å²) in [4.78, 5) is 12.9. The molecule has 2 aliphatic rings. The number of nitrogens with one attached hydrogen (secondary N) is 1. The molecular weight excluding hydrogens is 408 g/mol. The molecule has 0 bridgehead atoms. The summed E-state index contributed by atoms with van der Waals surface area (Å²) in [7, 11) is 0. The summed E-state index contributed by atoms with van der Waals surface area (Å²) in [5.41, 5.74) is 1.47. The maximum absolute atomic E-state index is 10.2. The van der Waals surface area contributed by atoms with Crippen LogP contribution in [-0.2, 0) is 10.3 Å². The highest BCUT2D eigenvalue weighted by atomic mass is 16.5. The van der Waals surface area contributed by atoms with Crippen LogP contribution in [0.25, 0.3) is 5.57 Å². The van der Waals surface area contributed by atoms with Crippen molar-refractivity contribution in [3.05, 3.63) is 54.3 Å². The minimum Gasteiger partial charge on any atom is -0.453 e. The second-order valence-corrected chi connectivity index (χ2v) is 8.54. The molecule has 1 fully saturated rings. The molecule has 0 saturated heterocycles. The lowest BCUT2D eigenvalue weighted by atomic mass is 10.1. The van der Waals surface area contributed by atoms with E-state index in [4.69, 9.17) is 14.6 Å². The molecule has 166 valence electrons. The van der Waals surface area contributed by atoms with Crippen molar-refractivity contribution in [2.45, 2.75) is 44.8 Å². The Kier molecular flexibility index (Phi) is 5.36. The summed E-state index contributed by atoms with van der Waals surface area (Å²) in [5.74, 6) is 2.24. The van der Waals surface area contributed by atoms with Crippen LogP contribution in [0.2, 0.25) is 0 Å². The predicted octanol–water partition coefficient (Wildman–Crippen LogP) is 3.97. The molecular formula is C23H26N6O3. The van der Waals surface area contributed by atoms with E-state index in [9.17, 15) is 5.11 Å². The van der Waals surface area contributed by atoms with E-state index in [1.807, 2.05) is 10.9 Å². The van der Waals surface area contributed by atoms with Crippen molar-refractivity contribution in [2.75, 3.05) is 18.5 Å². The van der Waals surface area contributed by atoms with Crippen LogP contribution in [0.5, 0.6) is 11.5 Å². The Morgan fingerprint density at radius 1 is 1.22 bits per heavy atom. The van der Waals surface area contributed by atoms with E-state index in [1.165, 1.54) is 0 Å². The van der Waals surface area contributed by atoms with Gasteiger partial charge < -0.3 is 19.9 Å². The SMILES string of the molecule is CC(C)(O)c1ccnc(Nc2cc(Oc3cn(C4CC4)nc3C3=CCOCC3)ccn2)n1. The largest absolute Gasteiger partial charge is 0.453 e. The van der Waals surface area contributed by atoms with Crippen LogP contribution in [-0.4, -0.2) is 43.1 Å². The Labute approximate surface area is 186 Å². The minimum absolute atomic E-state index is 0.351.